The Labute approximate surface area is 127 Å². The number of carbonyl (C=O) groups is 1. The molecule has 22 heavy (non-hydrogen) atoms. The number of nitrogens with zero attached hydrogens (tertiary/aromatic N) is 2. The van der Waals surface area contributed by atoms with E-state index in [1.54, 1.807) is 12.1 Å². The fraction of sp³-hybridized carbons (Fsp3) is 0.214. The lowest BCUT2D eigenvalue weighted by Crippen LogP contribution is -2.15. The fourth-order valence-electron chi connectivity index (χ4n) is 1.72. The third-order valence-corrected chi connectivity index (χ3v) is 2.81. The summed E-state index contributed by atoms with van der Waals surface area (Å²) in [5, 5.41) is 2.55. The van der Waals surface area contributed by atoms with E-state index in [4.69, 9.17) is 19.9 Å². The average molecular weight is 304 g/mol. The Morgan fingerprint density at radius 1 is 1.05 bits per heavy atom. The third kappa shape index (κ3) is 3.35. The number of amides is 1. The molecule has 8 heteroatoms. The summed E-state index contributed by atoms with van der Waals surface area (Å²) < 4.78 is 15.1. The van der Waals surface area contributed by atoms with E-state index in [0.29, 0.717) is 17.0 Å². The summed E-state index contributed by atoms with van der Waals surface area (Å²) in [5.74, 6) is 0.698. The second-order valence-electron chi connectivity index (χ2n) is 4.19. The predicted octanol–water partition coefficient (Wildman–Crippen LogP) is 1.34. The lowest BCUT2D eigenvalue weighted by atomic mass is 10.2. The molecule has 0 fully saturated rings. The van der Waals surface area contributed by atoms with Gasteiger partial charge in [-0.25, -0.2) is 0 Å². The number of methoxy groups -OCH3 is 3. The number of carbonyl (C=O) groups excluding carboxylic acids is 1. The second-order valence-corrected chi connectivity index (χ2v) is 4.19. The van der Waals surface area contributed by atoms with Gasteiger partial charge in [0.15, 0.2) is 0 Å². The van der Waals surface area contributed by atoms with Crippen LogP contribution in [0.2, 0.25) is 0 Å². The molecule has 2 rings (SSSR count). The molecule has 0 bridgehead atoms. The monoisotopic (exact) mass is 304 g/mol. The van der Waals surface area contributed by atoms with Crippen LogP contribution < -0.4 is 25.3 Å². The van der Waals surface area contributed by atoms with Gasteiger partial charge in [0.2, 0.25) is 17.7 Å². The molecule has 0 spiro atoms. The Hall–Kier alpha value is -3.03. The highest BCUT2D eigenvalue weighted by Crippen LogP contribution is 2.23. The van der Waals surface area contributed by atoms with Crippen LogP contribution in [0.3, 0.4) is 0 Å². The van der Waals surface area contributed by atoms with Gasteiger partial charge < -0.3 is 19.9 Å². The quantitative estimate of drug-likeness (QED) is 0.802. The number of rotatable bonds is 5. The summed E-state index contributed by atoms with van der Waals surface area (Å²) in [5.41, 5.74) is 6.49. The predicted molar refractivity (Wildman–Crippen MR) is 80.5 cm³/mol. The van der Waals surface area contributed by atoms with Crippen molar-refractivity contribution in [3.8, 4) is 17.5 Å². The van der Waals surface area contributed by atoms with Crippen molar-refractivity contribution in [2.75, 3.05) is 32.4 Å². The number of hydrogen-bond acceptors (Lipinski definition) is 7. The SMILES string of the molecule is COc1cc(OC)nc(NC(=O)c2ccc(OC)c(N)c2)n1. The first-order valence-corrected chi connectivity index (χ1v) is 6.29. The van der Waals surface area contributed by atoms with E-state index in [-0.39, 0.29) is 17.7 Å². The number of nitrogens with two attached hydrogens (primary N) is 1. The molecule has 1 heterocycles. The molecule has 0 radical (unpaired) electrons. The van der Waals surface area contributed by atoms with Crippen LogP contribution in [0.4, 0.5) is 11.6 Å². The van der Waals surface area contributed by atoms with Gasteiger partial charge in [-0.05, 0) is 18.2 Å². The van der Waals surface area contributed by atoms with Crippen LogP contribution >= 0.6 is 0 Å². The number of nitrogen functional groups attached to an aromatic ring is 1. The van der Waals surface area contributed by atoms with Crippen LogP contribution in [-0.4, -0.2) is 37.2 Å². The number of ether oxygens (including phenoxy) is 3. The van der Waals surface area contributed by atoms with Gasteiger partial charge >= 0.3 is 0 Å². The highest BCUT2D eigenvalue weighted by atomic mass is 16.5. The van der Waals surface area contributed by atoms with Crippen molar-refractivity contribution in [3.05, 3.63) is 29.8 Å². The van der Waals surface area contributed by atoms with Crippen LogP contribution in [-0.2, 0) is 0 Å². The molecule has 0 aliphatic heterocycles. The maximum Gasteiger partial charge on any atom is 0.258 e. The van der Waals surface area contributed by atoms with E-state index in [1.165, 1.54) is 33.5 Å². The first-order valence-electron chi connectivity index (χ1n) is 6.29. The minimum absolute atomic E-state index is 0.0654. The van der Waals surface area contributed by atoms with Crippen molar-refractivity contribution in [2.24, 2.45) is 0 Å². The van der Waals surface area contributed by atoms with Crippen LogP contribution in [0.25, 0.3) is 0 Å². The van der Waals surface area contributed by atoms with Crippen molar-refractivity contribution < 1.29 is 19.0 Å². The third-order valence-electron chi connectivity index (χ3n) is 2.81. The number of hydrogen-bond donors (Lipinski definition) is 2. The van der Waals surface area contributed by atoms with Gasteiger partial charge in [-0.15, -0.1) is 0 Å². The van der Waals surface area contributed by atoms with Crippen molar-refractivity contribution in [3.63, 3.8) is 0 Å². The minimum Gasteiger partial charge on any atom is -0.495 e. The van der Waals surface area contributed by atoms with Crippen LogP contribution in [0.15, 0.2) is 24.3 Å². The largest absolute Gasteiger partial charge is 0.495 e. The summed E-state index contributed by atoms with van der Waals surface area (Å²) in [6.07, 6.45) is 0. The first kappa shape index (κ1) is 15.4. The van der Waals surface area contributed by atoms with Gasteiger partial charge in [-0.2, -0.15) is 9.97 Å². The number of anilines is 2. The Morgan fingerprint density at radius 2 is 1.68 bits per heavy atom. The lowest BCUT2D eigenvalue weighted by Gasteiger charge is -2.09. The number of nitrogens with one attached hydrogen (secondary N) is 1. The molecule has 2 aromatic rings. The summed E-state index contributed by atoms with van der Waals surface area (Å²) >= 11 is 0. The highest BCUT2D eigenvalue weighted by Gasteiger charge is 2.12. The molecule has 0 aliphatic rings. The zero-order valence-corrected chi connectivity index (χ0v) is 12.4. The Morgan fingerprint density at radius 3 is 2.18 bits per heavy atom. The van der Waals surface area contributed by atoms with E-state index >= 15 is 0 Å². The maximum atomic E-state index is 12.2. The average Bonchev–Trinajstić information content (AvgIpc) is 2.54. The fourth-order valence-corrected chi connectivity index (χ4v) is 1.72. The molecule has 0 unspecified atom stereocenters. The molecule has 0 atom stereocenters. The lowest BCUT2D eigenvalue weighted by molar-refractivity contribution is 0.102. The van der Waals surface area contributed by atoms with E-state index in [1.807, 2.05) is 0 Å². The normalized spacial score (nSPS) is 9.95. The molecule has 1 amide bonds. The Balaban J connectivity index is 2.23. The van der Waals surface area contributed by atoms with Gasteiger partial charge in [-0.1, -0.05) is 0 Å². The highest BCUT2D eigenvalue weighted by molar-refractivity contribution is 6.04. The number of aromatic nitrogens is 2. The summed E-state index contributed by atoms with van der Waals surface area (Å²) in [4.78, 5) is 20.2. The molecule has 3 N–H and O–H groups in total. The molecule has 0 aliphatic carbocycles. The van der Waals surface area contributed by atoms with Gasteiger partial charge in [0.1, 0.15) is 5.75 Å². The van der Waals surface area contributed by atoms with Crippen LogP contribution in [0.5, 0.6) is 17.5 Å². The standard InChI is InChI=1S/C14H16N4O4/c1-20-10-5-4-8(6-9(10)15)13(19)18-14-16-11(21-2)7-12(17-14)22-3/h4-7H,15H2,1-3H3,(H,16,17,18,19). The Bertz CT molecular complexity index is 668. The van der Waals surface area contributed by atoms with Crippen molar-refractivity contribution >= 4 is 17.5 Å². The van der Waals surface area contributed by atoms with E-state index < -0.39 is 5.91 Å². The van der Waals surface area contributed by atoms with Crippen molar-refractivity contribution in [1.82, 2.24) is 9.97 Å². The van der Waals surface area contributed by atoms with Gasteiger partial charge in [0, 0.05) is 5.56 Å². The summed E-state index contributed by atoms with van der Waals surface area (Å²) in [6.45, 7) is 0. The van der Waals surface area contributed by atoms with Gasteiger partial charge in [-0.3, -0.25) is 10.1 Å². The maximum absolute atomic E-state index is 12.2. The Kier molecular flexibility index (Phi) is 4.62. The van der Waals surface area contributed by atoms with Crippen molar-refractivity contribution in [2.45, 2.75) is 0 Å². The molecule has 0 saturated heterocycles. The van der Waals surface area contributed by atoms with Gasteiger partial charge in [0.05, 0.1) is 33.1 Å². The molecule has 1 aromatic heterocycles. The summed E-state index contributed by atoms with van der Waals surface area (Å²) in [6, 6.07) is 6.20. The zero-order chi connectivity index (χ0) is 16.1. The molecule has 1 aromatic carbocycles. The van der Waals surface area contributed by atoms with E-state index in [9.17, 15) is 4.79 Å². The first-order chi connectivity index (χ1) is 10.6. The van der Waals surface area contributed by atoms with E-state index in [0.717, 1.165) is 0 Å². The second kappa shape index (κ2) is 6.61. The van der Waals surface area contributed by atoms with E-state index in [2.05, 4.69) is 15.3 Å². The molecule has 116 valence electrons. The van der Waals surface area contributed by atoms with Gasteiger partial charge in [0.25, 0.3) is 5.91 Å². The smallest absolute Gasteiger partial charge is 0.258 e. The zero-order valence-electron chi connectivity index (χ0n) is 12.4. The van der Waals surface area contributed by atoms with Crippen LogP contribution in [0, 0.1) is 0 Å². The molecular formula is C14H16N4O4. The topological polar surface area (TPSA) is 109 Å². The molecule has 0 saturated carbocycles. The van der Waals surface area contributed by atoms with Crippen LogP contribution in [0.1, 0.15) is 10.4 Å². The number of benzene rings is 1. The minimum atomic E-state index is -0.412. The molecular weight excluding hydrogens is 288 g/mol. The summed E-state index contributed by atoms with van der Waals surface area (Å²) in [7, 11) is 4.41. The van der Waals surface area contributed by atoms with Crippen molar-refractivity contribution in [1.29, 1.82) is 0 Å². The molecule has 8 nitrogen and oxygen atoms in total.